The molecule has 0 bridgehead atoms. The first-order valence-corrected chi connectivity index (χ1v) is 9.22. The Bertz CT molecular complexity index is 1190. The van der Waals surface area contributed by atoms with Crippen molar-refractivity contribution in [3.05, 3.63) is 71.7 Å². The van der Waals surface area contributed by atoms with Crippen LogP contribution < -0.4 is 0 Å². The number of aryl methyl sites for hydroxylation is 2. The normalized spacial score (nSPS) is 11.5. The molecule has 5 aromatic rings. The van der Waals surface area contributed by atoms with Gasteiger partial charge in [-0.25, -0.2) is 9.50 Å². The van der Waals surface area contributed by atoms with E-state index in [1.54, 1.807) is 23.8 Å². The zero-order valence-electron chi connectivity index (χ0n) is 14.4. The monoisotopic (exact) mass is 360 g/mol. The Morgan fingerprint density at radius 1 is 1.04 bits per heavy atom. The van der Waals surface area contributed by atoms with Gasteiger partial charge in [-0.15, -0.1) is 11.3 Å². The molecule has 0 aliphatic rings. The molecular formula is C20H16N4OS. The van der Waals surface area contributed by atoms with Crippen molar-refractivity contribution in [1.29, 1.82) is 0 Å². The zero-order valence-corrected chi connectivity index (χ0v) is 15.2. The lowest BCUT2D eigenvalue weighted by molar-refractivity contribution is 0.577. The maximum Gasteiger partial charge on any atom is 0.156 e. The van der Waals surface area contributed by atoms with Crippen LogP contribution in [0, 0.1) is 13.8 Å². The lowest BCUT2D eigenvalue weighted by atomic mass is 10.3. The first-order chi connectivity index (χ1) is 12.7. The quantitative estimate of drug-likeness (QED) is 0.448. The Hall–Kier alpha value is -3.12. The van der Waals surface area contributed by atoms with E-state index in [-0.39, 0.29) is 0 Å². The number of fused-ring (bicyclic) bond motifs is 1. The predicted octanol–water partition coefficient (Wildman–Crippen LogP) is 5.13. The topological polar surface area (TPSA) is 48.3 Å². The fourth-order valence-electron chi connectivity index (χ4n) is 3.34. The highest BCUT2D eigenvalue weighted by atomic mass is 32.1. The molecule has 0 aliphatic heterocycles. The summed E-state index contributed by atoms with van der Waals surface area (Å²) in [7, 11) is 0. The van der Waals surface area contributed by atoms with Crippen LogP contribution >= 0.6 is 11.3 Å². The Morgan fingerprint density at radius 3 is 2.65 bits per heavy atom. The minimum atomic E-state index is 0.774. The second-order valence-electron chi connectivity index (χ2n) is 6.19. The molecule has 0 aliphatic carbocycles. The molecule has 0 fully saturated rings. The van der Waals surface area contributed by atoms with Gasteiger partial charge in [-0.05, 0) is 55.6 Å². The van der Waals surface area contributed by atoms with E-state index in [2.05, 4.69) is 47.0 Å². The summed E-state index contributed by atoms with van der Waals surface area (Å²) in [4.78, 5) is 5.59. The number of rotatable bonds is 3. The second kappa shape index (κ2) is 5.71. The molecule has 0 unspecified atom stereocenters. The molecule has 0 saturated carbocycles. The van der Waals surface area contributed by atoms with Crippen LogP contribution in [0.15, 0.2) is 64.7 Å². The van der Waals surface area contributed by atoms with E-state index >= 15 is 0 Å². The summed E-state index contributed by atoms with van der Waals surface area (Å²) in [5.41, 5.74) is 6.17. The fourth-order valence-corrected chi connectivity index (χ4v) is 4.17. The van der Waals surface area contributed by atoms with Crippen molar-refractivity contribution in [3.63, 3.8) is 0 Å². The Balaban J connectivity index is 1.71. The second-order valence-corrected chi connectivity index (χ2v) is 7.11. The molecule has 0 spiro atoms. The molecule has 5 nitrogen and oxygen atoms in total. The number of aromatic nitrogens is 4. The number of hydrogen-bond acceptors (Lipinski definition) is 4. The van der Waals surface area contributed by atoms with Gasteiger partial charge in [-0.2, -0.15) is 5.10 Å². The van der Waals surface area contributed by atoms with Gasteiger partial charge < -0.3 is 8.98 Å². The van der Waals surface area contributed by atoms with Crippen LogP contribution in [0.1, 0.15) is 11.4 Å². The third-order valence-corrected chi connectivity index (χ3v) is 5.45. The Morgan fingerprint density at radius 2 is 1.88 bits per heavy atom. The van der Waals surface area contributed by atoms with Gasteiger partial charge in [-0.3, -0.25) is 0 Å². The molecule has 5 rings (SSSR count). The lowest BCUT2D eigenvalue weighted by Crippen LogP contribution is -1.99. The van der Waals surface area contributed by atoms with Crippen molar-refractivity contribution in [1.82, 2.24) is 19.2 Å². The van der Waals surface area contributed by atoms with Crippen molar-refractivity contribution in [2.45, 2.75) is 13.8 Å². The lowest BCUT2D eigenvalue weighted by Gasteiger charge is -2.09. The summed E-state index contributed by atoms with van der Waals surface area (Å²) in [5, 5.41) is 6.94. The van der Waals surface area contributed by atoms with Crippen molar-refractivity contribution in [2.75, 3.05) is 0 Å². The molecule has 26 heavy (non-hydrogen) atoms. The number of hydrogen-bond donors (Lipinski definition) is 0. The molecule has 0 atom stereocenters. The highest BCUT2D eigenvalue weighted by Crippen LogP contribution is 2.34. The van der Waals surface area contributed by atoms with Crippen LogP contribution in [0.2, 0.25) is 0 Å². The summed E-state index contributed by atoms with van der Waals surface area (Å²) >= 11 is 1.69. The summed E-state index contributed by atoms with van der Waals surface area (Å²) in [5.74, 6) is 0.774. The van der Waals surface area contributed by atoms with Gasteiger partial charge in [0.15, 0.2) is 11.4 Å². The number of nitrogens with zero attached hydrogens (tertiary/aromatic N) is 4. The van der Waals surface area contributed by atoms with Crippen LogP contribution in [-0.2, 0) is 0 Å². The van der Waals surface area contributed by atoms with Crippen molar-refractivity contribution in [2.24, 2.45) is 0 Å². The van der Waals surface area contributed by atoms with Crippen LogP contribution in [0.5, 0.6) is 0 Å². The van der Waals surface area contributed by atoms with Gasteiger partial charge in [0, 0.05) is 23.7 Å². The summed E-state index contributed by atoms with van der Waals surface area (Å²) in [6, 6.07) is 14.2. The molecule has 5 aromatic heterocycles. The smallest absolute Gasteiger partial charge is 0.156 e. The standard InChI is InChI=1S/C20H16N4OS/c1-13-5-6-14(2)23(13)17-8-11-26-20(17)15-12-19-21-9-7-16(24(19)22-15)18-4-3-10-25-18/h3-12H,1-2H3. The van der Waals surface area contributed by atoms with Crippen LogP contribution in [-0.4, -0.2) is 19.2 Å². The van der Waals surface area contributed by atoms with Gasteiger partial charge in [-0.1, -0.05) is 0 Å². The Labute approximate surface area is 154 Å². The molecular weight excluding hydrogens is 344 g/mol. The third kappa shape index (κ3) is 2.23. The van der Waals surface area contributed by atoms with E-state index in [0.29, 0.717) is 0 Å². The van der Waals surface area contributed by atoms with Gasteiger partial charge in [0.05, 0.1) is 16.8 Å². The number of furan rings is 1. The minimum Gasteiger partial charge on any atom is -0.463 e. The molecule has 0 N–H and O–H groups in total. The van der Waals surface area contributed by atoms with Gasteiger partial charge in [0.25, 0.3) is 0 Å². The average molecular weight is 360 g/mol. The van der Waals surface area contributed by atoms with Gasteiger partial charge in [0.2, 0.25) is 0 Å². The van der Waals surface area contributed by atoms with Crippen LogP contribution in [0.3, 0.4) is 0 Å². The van der Waals surface area contributed by atoms with Crippen LogP contribution in [0.4, 0.5) is 0 Å². The number of thiophene rings is 1. The molecule has 0 saturated heterocycles. The highest BCUT2D eigenvalue weighted by molar-refractivity contribution is 7.14. The SMILES string of the molecule is Cc1ccc(C)n1-c1ccsc1-c1cc2nccc(-c3ccco3)n2n1. The van der Waals surface area contributed by atoms with Crippen molar-refractivity contribution in [3.8, 4) is 27.7 Å². The van der Waals surface area contributed by atoms with E-state index in [9.17, 15) is 0 Å². The summed E-state index contributed by atoms with van der Waals surface area (Å²) in [6.45, 7) is 4.24. The van der Waals surface area contributed by atoms with E-state index in [0.717, 1.165) is 33.4 Å². The first kappa shape index (κ1) is 15.2. The van der Waals surface area contributed by atoms with E-state index in [4.69, 9.17) is 9.52 Å². The third-order valence-electron chi connectivity index (χ3n) is 4.52. The van der Waals surface area contributed by atoms with Gasteiger partial charge in [0.1, 0.15) is 11.4 Å². The maximum absolute atomic E-state index is 5.55. The highest BCUT2D eigenvalue weighted by Gasteiger charge is 2.17. The molecule has 5 heterocycles. The van der Waals surface area contributed by atoms with Crippen LogP contribution in [0.25, 0.3) is 33.4 Å². The van der Waals surface area contributed by atoms with E-state index in [1.807, 2.05) is 28.8 Å². The maximum atomic E-state index is 5.55. The largest absolute Gasteiger partial charge is 0.463 e. The van der Waals surface area contributed by atoms with E-state index in [1.165, 1.54) is 11.4 Å². The summed E-state index contributed by atoms with van der Waals surface area (Å²) in [6.07, 6.45) is 3.45. The van der Waals surface area contributed by atoms with E-state index < -0.39 is 0 Å². The first-order valence-electron chi connectivity index (χ1n) is 8.34. The Kier molecular flexibility index (Phi) is 3.33. The minimum absolute atomic E-state index is 0.774. The molecule has 128 valence electrons. The van der Waals surface area contributed by atoms with Crippen molar-refractivity contribution < 1.29 is 4.42 Å². The molecule has 0 radical (unpaired) electrons. The predicted molar refractivity (Wildman–Crippen MR) is 103 cm³/mol. The van der Waals surface area contributed by atoms with Crippen molar-refractivity contribution >= 4 is 17.0 Å². The van der Waals surface area contributed by atoms with Gasteiger partial charge >= 0.3 is 0 Å². The average Bonchev–Trinajstić information content (AvgIpc) is 3.41. The fraction of sp³-hybridized carbons (Fsp3) is 0.100. The molecule has 0 amide bonds. The summed E-state index contributed by atoms with van der Waals surface area (Å²) < 4.78 is 9.65. The molecule has 0 aromatic carbocycles. The zero-order chi connectivity index (χ0) is 17.7. The molecule has 6 heteroatoms.